The van der Waals surface area contributed by atoms with E-state index < -0.39 is 0 Å². The fourth-order valence-electron chi connectivity index (χ4n) is 1.24. The molecular weight excluding hydrogens is 263 g/mol. The van der Waals surface area contributed by atoms with Crippen molar-refractivity contribution in [3.05, 3.63) is 22.0 Å². The van der Waals surface area contributed by atoms with Crippen molar-refractivity contribution < 1.29 is 0 Å². The van der Waals surface area contributed by atoms with Crippen molar-refractivity contribution in [2.24, 2.45) is 16.6 Å². The Hall–Kier alpha value is -0.120. The monoisotopic (exact) mass is 278 g/mol. The lowest BCUT2D eigenvalue weighted by atomic mass is 10.1. The van der Waals surface area contributed by atoms with Crippen molar-refractivity contribution >= 4 is 40.0 Å². The third-order valence-electron chi connectivity index (χ3n) is 2.21. The third-order valence-corrected chi connectivity index (χ3v) is 4.26. The standard InChI is InChI=1S/C11H16Cl2N2S/c1-3-6-16-11-7(2)4-5-8(12)9(14)10(13)15-11/h5,7H,3-4,6,14H2,1-2H3/b8-5-,10-9+,15-11+. The van der Waals surface area contributed by atoms with Crippen molar-refractivity contribution in [3.8, 4) is 0 Å². The van der Waals surface area contributed by atoms with Gasteiger partial charge in [-0.3, -0.25) is 0 Å². The van der Waals surface area contributed by atoms with Crippen LogP contribution in [0.25, 0.3) is 0 Å². The quantitative estimate of drug-likeness (QED) is 0.774. The maximum atomic E-state index is 6.01. The summed E-state index contributed by atoms with van der Waals surface area (Å²) in [7, 11) is 0. The molecule has 1 aliphatic heterocycles. The van der Waals surface area contributed by atoms with E-state index >= 15 is 0 Å². The first kappa shape index (κ1) is 13.9. The Balaban J connectivity index is 2.96. The normalized spacial score (nSPS) is 33.4. The highest BCUT2D eigenvalue weighted by molar-refractivity contribution is 8.14. The lowest BCUT2D eigenvalue weighted by Gasteiger charge is -2.15. The van der Waals surface area contributed by atoms with E-state index in [0.29, 0.717) is 21.8 Å². The molecule has 0 aromatic carbocycles. The van der Waals surface area contributed by atoms with Gasteiger partial charge >= 0.3 is 0 Å². The molecule has 1 aliphatic rings. The van der Waals surface area contributed by atoms with Crippen LogP contribution in [0.3, 0.4) is 0 Å². The summed E-state index contributed by atoms with van der Waals surface area (Å²) >= 11 is 13.7. The lowest BCUT2D eigenvalue weighted by molar-refractivity contribution is 0.797. The van der Waals surface area contributed by atoms with Crippen molar-refractivity contribution in [1.82, 2.24) is 0 Å². The number of aliphatic imine (C=N–C) groups is 1. The zero-order valence-electron chi connectivity index (χ0n) is 9.46. The molecule has 16 heavy (non-hydrogen) atoms. The summed E-state index contributed by atoms with van der Waals surface area (Å²) in [5.74, 6) is 1.39. The van der Waals surface area contributed by atoms with Gasteiger partial charge in [-0.15, -0.1) is 11.8 Å². The molecule has 2 N–H and O–H groups in total. The van der Waals surface area contributed by atoms with Crippen LogP contribution in [0.15, 0.2) is 27.0 Å². The van der Waals surface area contributed by atoms with Gasteiger partial charge in [0.25, 0.3) is 0 Å². The van der Waals surface area contributed by atoms with Crippen LogP contribution in [0.1, 0.15) is 26.7 Å². The highest BCUT2D eigenvalue weighted by atomic mass is 35.5. The van der Waals surface area contributed by atoms with Crippen molar-refractivity contribution in [3.63, 3.8) is 0 Å². The Morgan fingerprint density at radius 2 is 2.25 bits per heavy atom. The molecule has 1 heterocycles. The molecular formula is C11H16Cl2N2S. The van der Waals surface area contributed by atoms with Crippen LogP contribution in [0, 0.1) is 5.92 Å². The maximum absolute atomic E-state index is 6.01. The molecule has 0 bridgehead atoms. The van der Waals surface area contributed by atoms with Gasteiger partial charge in [0.15, 0.2) is 5.16 Å². The van der Waals surface area contributed by atoms with E-state index in [9.17, 15) is 0 Å². The second kappa shape index (κ2) is 6.58. The number of nitrogens with zero attached hydrogens (tertiary/aromatic N) is 1. The minimum atomic E-state index is 0.298. The summed E-state index contributed by atoms with van der Waals surface area (Å²) in [4.78, 5) is 4.36. The molecule has 2 nitrogen and oxygen atoms in total. The van der Waals surface area contributed by atoms with E-state index in [1.807, 2.05) is 6.08 Å². The maximum Gasteiger partial charge on any atom is 0.154 e. The molecule has 90 valence electrons. The minimum absolute atomic E-state index is 0.298. The average Bonchev–Trinajstić information content (AvgIpc) is 2.28. The van der Waals surface area contributed by atoms with Gasteiger partial charge in [0.05, 0.1) is 15.8 Å². The number of thioether (sulfide) groups is 1. The average molecular weight is 279 g/mol. The van der Waals surface area contributed by atoms with Crippen LogP contribution in [-0.2, 0) is 0 Å². The highest BCUT2D eigenvalue weighted by Crippen LogP contribution is 2.27. The Bertz CT molecular complexity index is 348. The summed E-state index contributed by atoms with van der Waals surface area (Å²) in [5, 5.41) is 1.83. The smallest absolute Gasteiger partial charge is 0.154 e. The van der Waals surface area contributed by atoms with E-state index in [1.165, 1.54) is 0 Å². The number of allylic oxidation sites excluding steroid dienone is 2. The summed E-state index contributed by atoms with van der Waals surface area (Å²) in [6, 6.07) is 0. The SMILES string of the molecule is CCCS/C1=N/C(Cl)=C(N)\C(Cl)=C\CC1C. The van der Waals surface area contributed by atoms with Gasteiger partial charge in [-0.1, -0.05) is 43.1 Å². The van der Waals surface area contributed by atoms with Gasteiger partial charge in [0.1, 0.15) is 0 Å². The summed E-state index contributed by atoms with van der Waals surface area (Å²) in [5.41, 5.74) is 6.12. The topological polar surface area (TPSA) is 38.4 Å². The first-order chi connectivity index (χ1) is 7.56. The molecule has 0 radical (unpaired) electrons. The Morgan fingerprint density at radius 3 is 2.88 bits per heavy atom. The molecule has 0 aromatic rings. The fraction of sp³-hybridized carbons (Fsp3) is 0.545. The molecule has 0 saturated heterocycles. The van der Waals surface area contributed by atoms with Crippen LogP contribution in [0.4, 0.5) is 0 Å². The molecule has 0 aromatic heterocycles. The van der Waals surface area contributed by atoms with Crippen molar-refractivity contribution in [2.45, 2.75) is 26.7 Å². The van der Waals surface area contributed by atoms with E-state index in [0.717, 1.165) is 23.6 Å². The van der Waals surface area contributed by atoms with Gasteiger partial charge in [0.2, 0.25) is 0 Å². The molecule has 1 unspecified atom stereocenters. The van der Waals surface area contributed by atoms with Crippen molar-refractivity contribution in [1.29, 1.82) is 0 Å². The molecule has 1 rings (SSSR count). The molecule has 0 fully saturated rings. The van der Waals surface area contributed by atoms with Gasteiger partial charge in [0, 0.05) is 5.92 Å². The van der Waals surface area contributed by atoms with Crippen LogP contribution < -0.4 is 5.73 Å². The van der Waals surface area contributed by atoms with Crippen LogP contribution in [-0.4, -0.2) is 10.8 Å². The van der Waals surface area contributed by atoms with Gasteiger partial charge < -0.3 is 5.73 Å². The largest absolute Gasteiger partial charge is 0.395 e. The molecule has 1 atom stereocenters. The van der Waals surface area contributed by atoms with Gasteiger partial charge in [-0.25, -0.2) is 4.99 Å². The second-order valence-corrected chi connectivity index (χ2v) is 5.57. The summed E-state index contributed by atoms with van der Waals surface area (Å²) in [6.07, 6.45) is 3.87. The molecule has 5 heteroatoms. The first-order valence-corrected chi connectivity index (χ1v) is 7.03. The van der Waals surface area contributed by atoms with E-state index in [1.54, 1.807) is 11.8 Å². The second-order valence-electron chi connectivity index (χ2n) is 3.69. The lowest BCUT2D eigenvalue weighted by Crippen LogP contribution is -2.11. The van der Waals surface area contributed by atoms with Gasteiger partial charge in [-0.2, -0.15) is 0 Å². The molecule has 0 aliphatic carbocycles. The predicted molar refractivity (Wildman–Crippen MR) is 75.0 cm³/mol. The van der Waals surface area contributed by atoms with E-state index in [-0.39, 0.29) is 0 Å². The highest BCUT2D eigenvalue weighted by Gasteiger charge is 2.15. The predicted octanol–water partition coefficient (Wildman–Crippen LogP) is 4.06. The molecule has 0 amide bonds. The Morgan fingerprint density at radius 1 is 1.56 bits per heavy atom. The number of hydrogen-bond donors (Lipinski definition) is 1. The number of nitrogens with two attached hydrogens (primary N) is 1. The fourth-order valence-corrected chi connectivity index (χ4v) is 2.66. The van der Waals surface area contributed by atoms with Gasteiger partial charge in [-0.05, 0) is 18.6 Å². The third kappa shape index (κ3) is 3.72. The number of rotatable bonds is 2. The number of hydrogen-bond acceptors (Lipinski definition) is 3. The Kier molecular flexibility index (Phi) is 5.73. The zero-order valence-corrected chi connectivity index (χ0v) is 11.8. The number of halogens is 2. The summed E-state index contributed by atoms with van der Waals surface area (Å²) < 4.78 is 0. The van der Waals surface area contributed by atoms with Crippen molar-refractivity contribution in [2.75, 3.05) is 5.75 Å². The minimum Gasteiger partial charge on any atom is -0.395 e. The Labute approximate surface area is 111 Å². The van der Waals surface area contributed by atoms with E-state index in [2.05, 4.69) is 18.8 Å². The van der Waals surface area contributed by atoms with E-state index in [4.69, 9.17) is 28.9 Å². The summed E-state index contributed by atoms with van der Waals surface area (Å²) in [6.45, 7) is 4.26. The zero-order chi connectivity index (χ0) is 12.1. The molecule has 0 spiro atoms. The molecule has 0 saturated carbocycles. The van der Waals surface area contributed by atoms with Crippen LogP contribution in [0.5, 0.6) is 0 Å². The van der Waals surface area contributed by atoms with Crippen LogP contribution in [0.2, 0.25) is 0 Å². The van der Waals surface area contributed by atoms with Crippen LogP contribution >= 0.6 is 35.0 Å². The first-order valence-electron chi connectivity index (χ1n) is 5.28.